The average molecular weight is 456 g/mol. The number of rotatable bonds is 5. The van der Waals surface area contributed by atoms with Gasteiger partial charge in [-0.3, -0.25) is 4.79 Å². The van der Waals surface area contributed by atoms with Crippen molar-refractivity contribution in [1.29, 1.82) is 0 Å². The van der Waals surface area contributed by atoms with Crippen LogP contribution in [0.1, 0.15) is 17.3 Å². The molecule has 0 aliphatic carbocycles. The van der Waals surface area contributed by atoms with Crippen molar-refractivity contribution in [3.8, 4) is 16.3 Å². The zero-order valence-corrected chi connectivity index (χ0v) is 18.3. The first-order valence-corrected chi connectivity index (χ1v) is 9.74. The van der Waals surface area contributed by atoms with Crippen LogP contribution in [0.2, 0.25) is 0 Å². The summed E-state index contributed by atoms with van der Waals surface area (Å²) in [5.41, 5.74) is 2.75. The molecule has 1 fully saturated rings. The SMILES string of the molecule is COc1ccccc1C1CNCCN1C(=O)Cc1csc(-c2ccoc2)n1.Cl.Cl. The van der Waals surface area contributed by atoms with Crippen molar-refractivity contribution >= 4 is 42.1 Å². The Morgan fingerprint density at radius 2 is 2.17 bits per heavy atom. The van der Waals surface area contributed by atoms with Crippen LogP contribution >= 0.6 is 36.2 Å². The van der Waals surface area contributed by atoms with Gasteiger partial charge in [-0.1, -0.05) is 18.2 Å². The molecule has 1 aliphatic rings. The smallest absolute Gasteiger partial charge is 0.229 e. The lowest BCUT2D eigenvalue weighted by molar-refractivity contribution is -0.133. The minimum absolute atomic E-state index is 0. The standard InChI is InChI=1S/C20H21N3O3S.2ClH/c1-25-18-5-3-2-4-16(18)17-11-21-7-8-23(17)19(24)10-15-13-27-20(22-15)14-6-9-26-12-14;;/h2-6,9,12-13,17,21H,7-8,10-11H2,1H3;2*1H. The van der Waals surface area contributed by atoms with Crippen molar-refractivity contribution in [3.63, 3.8) is 0 Å². The number of carbonyl (C=O) groups is 1. The van der Waals surface area contributed by atoms with Crippen LogP contribution < -0.4 is 10.1 Å². The van der Waals surface area contributed by atoms with E-state index in [2.05, 4.69) is 10.3 Å². The van der Waals surface area contributed by atoms with Gasteiger partial charge in [-0.2, -0.15) is 0 Å². The Labute approximate surface area is 186 Å². The van der Waals surface area contributed by atoms with Gasteiger partial charge in [0.05, 0.1) is 31.5 Å². The third-order valence-electron chi connectivity index (χ3n) is 4.71. The number of hydrogen-bond donors (Lipinski definition) is 1. The minimum atomic E-state index is -0.0469. The van der Waals surface area contributed by atoms with Gasteiger partial charge in [0.15, 0.2) is 0 Å². The first-order chi connectivity index (χ1) is 13.3. The molecule has 0 spiro atoms. The molecule has 1 atom stereocenters. The summed E-state index contributed by atoms with van der Waals surface area (Å²) in [5, 5.41) is 6.20. The molecule has 0 bridgehead atoms. The van der Waals surface area contributed by atoms with Crippen molar-refractivity contribution in [3.05, 3.63) is 59.5 Å². The summed E-state index contributed by atoms with van der Waals surface area (Å²) >= 11 is 1.52. The molecule has 0 radical (unpaired) electrons. The number of furan rings is 1. The number of thiazole rings is 1. The number of para-hydroxylation sites is 1. The predicted octanol–water partition coefficient (Wildman–Crippen LogP) is 3.97. The van der Waals surface area contributed by atoms with E-state index in [4.69, 9.17) is 9.15 Å². The molecule has 29 heavy (non-hydrogen) atoms. The van der Waals surface area contributed by atoms with Crippen LogP contribution in [0.4, 0.5) is 0 Å². The zero-order valence-electron chi connectivity index (χ0n) is 15.9. The summed E-state index contributed by atoms with van der Waals surface area (Å²) in [5.74, 6) is 0.886. The molecular formula is C20H23Cl2N3O3S. The molecule has 1 saturated heterocycles. The highest BCUT2D eigenvalue weighted by molar-refractivity contribution is 7.13. The van der Waals surface area contributed by atoms with Crippen LogP contribution in [0.15, 0.2) is 52.7 Å². The zero-order chi connectivity index (χ0) is 18.6. The third kappa shape index (κ3) is 5.11. The molecule has 0 saturated carbocycles. The fourth-order valence-corrected chi connectivity index (χ4v) is 4.19. The number of aromatic nitrogens is 1. The van der Waals surface area contributed by atoms with E-state index in [-0.39, 0.29) is 36.8 Å². The van der Waals surface area contributed by atoms with Crippen LogP contribution in [0, 0.1) is 0 Å². The van der Waals surface area contributed by atoms with Crippen molar-refractivity contribution in [2.75, 3.05) is 26.7 Å². The Bertz CT molecular complexity index is 917. The van der Waals surface area contributed by atoms with Gasteiger partial charge in [0.25, 0.3) is 0 Å². The number of benzene rings is 1. The number of carbonyl (C=O) groups excluding carboxylic acids is 1. The summed E-state index contributed by atoms with van der Waals surface area (Å²) in [4.78, 5) is 19.6. The summed E-state index contributed by atoms with van der Waals surface area (Å²) < 4.78 is 10.6. The molecule has 3 aromatic rings. The molecule has 1 amide bonds. The van der Waals surface area contributed by atoms with E-state index in [1.54, 1.807) is 19.6 Å². The summed E-state index contributed by atoms with van der Waals surface area (Å²) in [6.45, 7) is 2.17. The van der Waals surface area contributed by atoms with Gasteiger partial charge < -0.3 is 19.4 Å². The molecule has 1 aliphatic heterocycles. The normalized spacial score (nSPS) is 15.9. The van der Waals surface area contributed by atoms with E-state index >= 15 is 0 Å². The summed E-state index contributed by atoms with van der Waals surface area (Å²) in [6, 6.07) is 9.71. The Hall–Kier alpha value is -2.06. The first-order valence-electron chi connectivity index (χ1n) is 8.86. The lowest BCUT2D eigenvalue weighted by atomic mass is 10.0. The molecule has 4 rings (SSSR count). The highest BCUT2D eigenvalue weighted by Crippen LogP contribution is 2.31. The fraction of sp³-hybridized carbons (Fsp3) is 0.300. The van der Waals surface area contributed by atoms with E-state index in [9.17, 15) is 4.79 Å². The van der Waals surface area contributed by atoms with Crippen LogP contribution in [0.3, 0.4) is 0 Å². The van der Waals surface area contributed by atoms with Crippen LogP contribution in [0.25, 0.3) is 10.6 Å². The maximum Gasteiger partial charge on any atom is 0.229 e. The van der Waals surface area contributed by atoms with E-state index in [0.717, 1.165) is 34.1 Å². The Morgan fingerprint density at radius 1 is 1.34 bits per heavy atom. The largest absolute Gasteiger partial charge is 0.496 e. The summed E-state index contributed by atoms with van der Waals surface area (Å²) in [6.07, 6.45) is 3.58. The molecule has 156 valence electrons. The number of halogens is 2. The second kappa shape index (κ2) is 10.6. The average Bonchev–Trinajstić information content (AvgIpc) is 3.39. The topological polar surface area (TPSA) is 67.6 Å². The Kier molecular flexibility index (Phi) is 8.52. The molecule has 1 N–H and O–H groups in total. The third-order valence-corrected chi connectivity index (χ3v) is 5.65. The highest BCUT2D eigenvalue weighted by atomic mass is 35.5. The van der Waals surface area contributed by atoms with Gasteiger partial charge in [0.2, 0.25) is 5.91 Å². The van der Waals surface area contributed by atoms with E-state index in [0.29, 0.717) is 19.5 Å². The molecule has 9 heteroatoms. The van der Waals surface area contributed by atoms with Crippen LogP contribution in [-0.4, -0.2) is 42.5 Å². The molecule has 1 unspecified atom stereocenters. The van der Waals surface area contributed by atoms with Gasteiger partial charge in [-0.15, -0.1) is 36.2 Å². The molecule has 2 aromatic heterocycles. The van der Waals surface area contributed by atoms with Gasteiger partial charge in [-0.05, 0) is 12.1 Å². The van der Waals surface area contributed by atoms with Gasteiger partial charge in [0, 0.05) is 36.1 Å². The highest BCUT2D eigenvalue weighted by Gasteiger charge is 2.30. The van der Waals surface area contributed by atoms with E-state index < -0.39 is 0 Å². The molecular weight excluding hydrogens is 433 g/mol. The Balaban J connectivity index is 0.00000150. The molecule has 3 heterocycles. The lowest BCUT2D eigenvalue weighted by Crippen LogP contribution is -2.49. The molecule has 6 nitrogen and oxygen atoms in total. The second-order valence-corrected chi connectivity index (χ2v) is 7.24. The van der Waals surface area contributed by atoms with E-state index in [1.165, 1.54) is 11.3 Å². The summed E-state index contributed by atoms with van der Waals surface area (Å²) in [7, 11) is 1.66. The monoisotopic (exact) mass is 455 g/mol. The van der Waals surface area contributed by atoms with Crippen molar-refractivity contribution in [2.45, 2.75) is 12.5 Å². The lowest BCUT2D eigenvalue weighted by Gasteiger charge is -2.37. The van der Waals surface area contributed by atoms with Gasteiger partial charge in [0.1, 0.15) is 17.0 Å². The second-order valence-electron chi connectivity index (χ2n) is 6.38. The number of methoxy groups -OCH3 is 1. The number of amides is 1. The fourth-order valence-electron chi connectivity index (χ4n) is 3.39. The van der Waals surface area contributed by atoms with Crippen molar-refractivity contribution < 1.29 is 13.9 Å². The quantitative estimate of drug-likeness (QED) is 0.630. The van der Waals surface area contributed by atoms with Crippen LogP contribution in [0.5, 0.6) is 5.75 Å². The molecule has 1 aromatic carbocycles. The van der Waals surface area contributed by atoms with Crippen molar-refractivity contribution in [1.82, 2.24) is 15.2 Å². The predicted molar refractivity (Wildman–Crippen MR) is 118 cm³/mol. The van der Waals surface area contributed by atoms with Crippen molar-refractivity contribution in [2.24, 2.45) is 0 Å². The van der Waals surface area contributed by atoms with E-state index in [1.807, 2.05) is 40.6 Å². The minimum Gasteiger partial charge on any atom is -0.496 e. The number of hydrogen-bond acceptors (Lipinski definition) is 6. The number of ether oxygens (including phenoxy) is 1. The van der Waals surface area contributed by atoms with Crippen LogP contribution in [-0.2, 0) is 11.2 Å². The maximum absolute atomic E-state index is 13.1. The van der Waals surface area contributed by atoms with Gasteiger partial charge >= 0.3 is 0 Å². The number of nitrogens with zero attached hydrogens (tertiary/aromatic N) is 2. The number of piperazine rings is 1. The Morgan fingerprint density at radius 3 is 2.93 bits per heavy atom. The first kappa shape index (κ1) is 23.2. The maximum atomic E-state index is 13.1. The number of nitrogens with one attached hydrogen (secondary N) is 1. The van der Waals surface area contributed by atoms with Gasteiger partial charge in [-0.25, -0.2) is 4.98 Å².